The number of hydrogen-bond donors (Lipinski definition) is 1. The molecule has 0 saturated heterocycles. The number of nitrogens with one attached hydrogen (secondary N) is 1. The minimum absolute atomic E-state index is 0.188. The second-order valence-corrected chi connectivity index (χ2v) is 7.78. The smallest absolute Gasteiger partial charge is 0.351 e. The molecule has 5 aromatic rings. The first kappa shape index (κ1) is 20.4. The SMILES string of the molecule is Cc1ccc(Oc2nc3ccccc3n3c(=O)n(CC(=O)Nc4ccccc4C)nc23)cc1. The zero-order valence-electron chi connectivity index (χ0n) is 18.1. The molecule has 0 aliphatic heterocycles. The van der Waals surface area contributed by atoms with Gasteiger partial charge in [-0.25, -0.2) is 18.9 Å². The van der Waals surface area contributed by atoms with Gasteiger partial charge in [0.15, 0.2) is 0 Å². The lowest BCUT2D eigenvalue weighted by molar-refractivity contribution is -0.117. The number of benzene rings is 3. The lowest BCUT2D eigenvalue weighted by atomic mass is 10.2. The normalized spacial score (nSPS) is 11.1. The number of carbonyl (C=O) groups excluding carboxylic acids is 1. The summed E-state index contributed by atoms with van der Waals surface area (Å²) in [6, 6.07) is 22.2. The fourth-order valence-electron chi connectivity index (χ4n) is 3.60. The van der Waals surface area contributed by atoms with Crippen molar-refractivity contribution in [1.29, 1.82) is 0 Å². The summed E-state index contributed by atoms with van der Waals surface area (Å²) in [5.41, 5.74) is 3.67. The van der Waals surface area contributed by atoms with E-state index < -0.39 is 5.69 Å². The van der Waals surface area contributed by atoms with Gasteiger partial charge in [0.2, 0.25) is 11.6 Å². The van der Waals surface area contributed by atoms with Crippen LogP contribution in [0.3, 0.4) is 0 Å². The average Bonchev–Trinajstić information content (AvgIpc) is 3.13. The highest BCUT2D eigenvalue weighted by Gasteiger charge is 2.19. The molecule has 8 nitrogen and oxygen atoms in total. The van der Waals surface area contributed by atoms with Crippen LogP contribution in [-0.4, -0.2) is 25.1 Å². The zero-order chi connectivity index (χ0) is 22.9. The molecule has 2 aromatic heterocycles. The van der Waals surface area contributed by atoms with Crippen LogP contribution in [0, 0.1) is 13.8 Å². The molecule has 0 saturated carbocycles. The third-order valence-electron chi connectivity index (χ3n) is 5.32. The van der Waals surface area contributed by atoms with Crippen molar-refractivity contribution >= 4 is 28.3 Å². The highest BCUT2D eigenvalue weighted by molar-refractivity contribution is 5.91. The molecule has 0 aliphatic rings. The van der Waals surface area contributed by atoms with Crippen molar-refractivity contribution in [3.63, 3.8) is 0 Å². The van der Waals surface area contributed by atoms with E-state index in [1.54, 1.807) is 12.1 Å². The van der Waals surface area contributed by atoms with Gasteiger partial charge < -0.3 is 10.1 Å². The van der Waals surface area contributed by atoms with E-state index in [1.165, 1.54) is 4.40 Å². The zero-order valence-corrected chi connectivity index (χ0v) is 18.1. The Morgan fingerprint density at radius 1 is 0.970 bits per heavy atom. The molecular weight excluding hydrogens is 418 g/mol. The number of fused-ring (bicyclic) bond motifs is 3. The Labute approximate surface area is 189 Å². The topological polar surface area (TPSA) is 90.5 Å². The molecule has 0 unspecified atom stereocenters. The summed E-state index contributed by atoms with van der Waals surface area (Å²) in [7, 11) is 0. The predicted octanol–water partition coefficient (Wildman–Crippen LogP) is 4.09. The molecule has 0 fully saturated rings. The Hall–Kier alpha value is -4.46. The molecule has 0 atom stereocenters. The number of anilines is 1. The van der Waals surface area contributed by atoms with Crippen LogP contribution in [0.4, 0.5) is 5.69 Å². The summed E-state index contributed by atoms with van der Waals surface area (Å²) in [6.45, 7) is 3.64. The summed E-state index contributed by atoms with van der Waals surface area (Å²) in [6.07, 6.45) is 0. The van der Waals surface area contributed by atoms with Crippen molar-refractivity contribution < 1.29 is 9.53 Å². The van der Waals surface area contributed by atoms with E-state index in [4.69, 9.17) is 4.74 Å². The fraction of sp³-hybridized carbons (Fsp3) is 0.120. The average molecular weight is 439 g/mol. The van der Waals surface area contributed by atoms with Crippen LogP contribution >= 0.6 is 0 Å². The Kier molecular flexibility index (Phi) is 5.10. The van der Waals surface area contributed by atoms with E-state index in [9.17, 15) is 9.59 Å². The molecule has 0 radical (unpaired) electrons. The predicted molar refractivity (Wildman–Crippen MR) is 126 cm³/mol. The van der Waals surface area contributed by atoms with E-state index in [0.717, 1.165) is 15.8 Å². The standard InChI is InChI=1S/C25H21N5O3/c1-16-11-13-18(14-12-16)33-24-23-28-29(15-22(31)26-19-8-4-3-7-17(19)2)25(32)30(23)21-10-6-5-9-20(21)27-24/h3-14H,15H2,1-2H3,(H,26,31). The van der Waals surface area contributed by atoms with Crippen LogP contribution in [-0.2, 0) is 11.3 Å². The largest absolute Gasteiger partial charge is 0.436 e. The van der Waals surface area contributed by atoms with Gasteiger partial charge >= 0.3 is 5.69 Å². The number of amides is 1. The number of carbonyl (C=O) groups is 1. The van der Waals surface area contributed by atoms with Gasteiger partial charge in [-0.1, -0.05) is 48.0 Å². The van der Waals surface area contributed by atoms with Crippen molar-refractivity contribution in [2.45, 2.75) is 20.4 Å². The number of rotatable bonds is 5. The van der Waals surface area contributed by atoms with Crippen LogP contribution in [0.25, 0.3) is 16.7 Å². The summed E-state index contributed by atoms with van der Waals surface area (Å²) in [4.78, 5) is 30.5. The minimum atomic E-state index is -0.447. The van der Waals surface area contributed by atoms with Gasteiger partial charge in [0.1, 0.15) is 12.3 Å². The first-order valence-electron chi connectivity index (χ1n) is 10.5. The van der Waals surface area contributed by atoms with Gasteiger partial charge in [0, 0.05) is 5.69 Å². The first-order valence-corrected chi connectivity index (χ1v) is 10.5. The van der Waals surface area contributed by atoms with E-state index >= 15 is 0 Å². The third-order valence-corrected chi connectivity index (χ3v) is 5.32. The van der Waals surface area contributed by atoms with Gasteiger partial charge in [0.05, 0.1) is 11.0 Å². The molecule has 8 heteroatoms. The third kappa shape index (κ3) is 3.94. The van der Waals surface area contributed by atoms with Crippen LogP contribution in [0.15, 0.2) is 77.6 Å². The van der Waals surface area contributed by atoms with E-state index in [2.05, 4.69) is 15.4 Å². The van der Waals surface area contributed by atoms with Crippen LogP contribution < -0.4 is 15.7 Å². The molecule has 5 rings (SSSR count). The Bertz CT molecular complexity index is 1550. The number of ether oxygens (including phenoxy) is 1. The Balaban J connectivity index is 1.57. The maximum absolute atomic E-state index is 13.2. The number of aromatic nitrogens is 4. The van der Waals surface area contributed by atoms with Gasteiger partial charge in [-0.15, -0.1) is 5.10 Å². The number of hydrogen-bond acceptors (Lipinski definition) is 5. The van der Waals surface area contributed by atoms with Gasteiger partial charge in [-0.2, -0.15) is 0 Å². The molecular formula is C25H21N5O3. The fourth-order valence-corrected chi connectivity index (χ4v) is 3.60. The monoisotopic (exact) mass is 439 g/mol. The van der Waals surface area contributed by atoms with Gasteiger partial charge in [-0.3, -0.25) is 4.79 Å². The maximum Gasteiger partial charge on any atom is 0.351 e. The highest BCUT2D eigenvalue weighted by atomic mass is 16.5. The van der Waals surface area contributed by atoms with Crippen molar-refractivity contribution in [3.8, 4) is 11.6 Å². The summed E-state index contributed by atoms with van der Waals surface area (Å²) >= 11 is 0. The van der Waals surface area contributed by atoms with Crippen molar-refractivity contribution in [1.82, 2.24) is 19.2 Å². The van der Waals surface area contributed by atoms with Crippen molar-refractivity contribution in [3.05, 3.63) is 94.4 Å². The Morgan fingerprint density at radius 2 is 1.70 bits per heavy atom. The van der Waals surface area contributed by atoms with Crippen LogP contribution in [0.1, 0.15) is 11.1 Å². The van der Waals surface area contributed by atoms with E-state index in [-0.39, 0.29) is 24.0 Å². The second-order valence-electron chi connectivity index (χ2n) is 7.78. The Morgan fingerprint density at radius 3 is 2.48 bits per heavy atom. The highest BCUT2D eigenvalue weighted by Crippen LogP contribution is 2.26. The molecule has 0 aliphatic carbocycles. The molecule has 2 heterocycles. The minimum Gasteiger partial charge on any atom is -0.436 e. The molecule has 1 N–H and O–H groups in total. The number of para-hydroxylation sites is 3. The van der Waals surface area contributed by atoms with Gasteiger partial charge in [-0.05, 0) is 49.7 Å². The lowest BCUT2D eigenvalue weighted by Crippen LogP contribution is -2.28. The summed E-state index contributed by atoms with van der Waals surface area (Å²) in [5.74, 6) is 0.408. The molecule has 1 amide bonds. The summed E-state index contributed by atoms with van der Waals surface area (Å²) in [5, 5.41) is 7.23. The van der Waals surface area contributed by atoms with E-state index in [1.807, 2.05) is 74.5 Å². The van der Waals surface area contributed by atoms with Crippen molar-refractivity contribution in [2.24, 2.45) is 0 Å². The van der Waals surface area contributed by atoms with Crippen LogP contribution in [0.2, 0.25) is 0 Å². The molecule has 164 valence electrons. The summed E-state index contributed by atoms with van der Waals surface area (Å²) < 4.78 is 8.54. The first-order chi connectivity index (χ1) is 16.0. The van der Waals surface area contributed by atoms with E-state index in [0.29, 0.717) is 22.5 Å². The van der Waals surface area contributed by atoms with Gasteiger partial charge in [0.25, 0.3) is 5.88 Å². The molecule has 0 spiro atoms. The maximum atomic E-state index is 13.2. The molecule has 0 bridgehead atoms. The molecule has 3 aromatic carbocycles. The van der Waals surface area contributed by atoms with Crippen LogP contribution in [0.5, 0.6) is 11.6 Å². The number of nitrogens with zero attached hydrogens (tertiary/aromatic N) is 4. The lowest BCUT2D eigenvalue weighted by Gasteiger charge is -2.08. The number of aryl methyl sites for hydroxylation is 2. The van der Waals surface area contributed by atoms with Crippen molar-refractivity contribution in [2.75, 3.05) is 5.32 Å². The molecule has 33 heavy (non-hydrogen) atoms. The second kappa shape index (κ2) is 8.23. The quantitative estimate of drug-likeness (QED) is 0.445.